The highest BCUT2D eigenvalue weighted by molar-refractivity contribution is 6.06. The van der Waals surface area contributed by atoms with Crippen LogP contribution in [0.3, 0.4) is 0 Å². The predicted octanol–water partition coefficient (Wildman–Crippen LogP) is 5.54. The Morgan fingerprint density at radius 2 is 1.94 bits per heavy atom. The number of fused-ring (bicyclic) bond motifs is 1. The lowest BCUT2D eigenvalue weighted by atomic mass is 10.0. The van der Waals surface area contributed by atoms with E-state index in [0.717, 1.165) is 61.3 Å². The fourth-order valence-electron chi connectivity index (χ4n) is 4.64. The van der Waals surface area contributed by atoms with Gasteiger partial charge in [-0.2, -0.15) is 5.10 Å². The van der Waals surface area contributed by atoms with E-state index >= 15 is 0 Å². The molecule has 1 aromatic carbocycles. The quantitative estimate of drug-likeness (QED) is 0.455. The first-order valence-corrected chi connectivity index (χ1v) is 12.4. The largest absolute Gasteiger partial charge is 0.339 e. The molecular formula is C27H37N5O. The first-order chi connectivity index (χ1) is 16.0. The molecule has 3 aromatic rings. The molecule has 3 heterocycles. The summed E-state index contributed by atoms with van der Waals surface area (Å²) in [6, 6.07) is 10.7. The van der Waals surface area contributed by atoms with Gasteiger partial charge in [0.25, 0.3) is 5.91 Å². The molecule has 1 aliphatic heterocycles. The van der Waals surface area contributed by atoms with Gasteiger partial charge in [0.2, 0.25) is 0 Å². The van der Waals surface area contributed by atoms with Gasteiger partial charge in [-0.3, -0.25) is 4.79 Å². The third-order valence-electron chi connectivity index (χ3n) is 6.50. The minimum Gasteiger partial charge on any atom is -0.339 e. The van der Waals surface area contributed by atoms with E-state index in [9.17, 15) is 4.79 Å². The van der Waals surface area contributed by atoms with Gasteiger partial charge in [0, 0.05) is 31.2 Å². The third-order valence-corrected chi connectivity index (χ3v) is 6.50. The van der Waals surface area contributed by atoms with E-state index in [2.05, 4.69) is 62.1 Å². The van der Waals surface area contributed by atoms with E-state index in [0.29, 0.717) is 5.56 Å². The number of likely N-dealkylation sites (tertiary alicyclic amines) is 1. The van der Waals surface area contributed by atoms with Gasteiger partial charge in [0.1, 0.15) is 0 Å². The highest BCUT2D eigenvalue weighted by Gasteiger charge is 2.24. The Labute approximate surface area is 197 Å². The van der Waals surface area contributed by atoms with Crippen LogP contribution in [0.1, 0.15) is 74.8 Å². The molecule has 0 spiro atoms. The lowest BCUT2D eigenvalue weighted by Crippen LogP contribution is -2.35. The summed E-state index contributed by atoms with van der Waals surface area (Å²) in [7, 11) is 2.17. The zero-order chi connectivity index (χ0) is 23.4. The van der Waals surface area contributed by atoms with Crippen molar-refractivity contribution in [2.24, 2.45) is 0 Å². The number of unbranched alkanes of at least 4 members (excludes halogenated alkanes) is 1. The minimum atomic E-state index is 0.0992. The molecule has 4 rings (SSSR count). The molecule has 0 saturated carbocycles. The molecule has 0 aliphatic carbocycles. The molecule has 33 heavy (non-hydrogen) atoms. The standard InChI is InChI=1S/C27H37N5O/c1-5-6-13-30(4)19-21-11-10-12-22(16-21)25-17-23(27(33)31-14-8-7-9-15-31)24-18-28-32(20(2)3)26(24)29-25/h10-12,16-18,20H,5-9,13-15,19H2,1-4H3. The van der Waals surface area contributed by atoms with Gasteiger partial charge in [-0.25, -0.2) is 9.67 Å². The molecule has 6 nitrogen and oxygen atoms in total. The Bertz CT molecular complexity index is 1100. The van der Waals surface area contributed by atoms with Gasteiger partial charge in [0.05, 0.1) is 22.8 Å². The smallest absolute Gasteiger partial charge is 0.254 e. The van der Waals surface area contributed by atoms with Crippen LogP contribution in [0.5, 0.6) is 0 Å². The van der Waals surface area contributed by atoms with Crippen LogP contribution in [-0.4, -0.2) is 57.2 Å². The van der Waals surface area contributed by atoms with Crippen LogP contribution >= 0.6 is 0 Å². The second-order valence-corrected chi connectivity index (χ2v) is 9.62. The third kappa shape index (κ3) is 5.27. The number of nitrogens with zero attached hydrogens (tertiary/aromatic N) is 5. The van der Waals surface area contributed by atoms with Crippen LogP contribution < -0.4 is 0 Å². The van der Waals surface area contributed by atoms with E-state index in [1.807, 2.05) is 21.8 Å². The maximum Gasteiger partial charge on any atom is 0.254 e. The van der Waals surface area contributed by atoms with Crippen molar-refractivity contribution in [1.82, 2.24) is 24.6 Å². The number of hydrogen-bond donors (Lipinski definition) is 0. The molecule has 0 N–H and O–H groups in total. The van der Waals surface area contributed by atoms with Crippen molar-refractivity contribution in [3.05, 3.63) is 47.7 Å². The van der Waals surface area contributed by atoms with Crippen LogP contribution in [-0.2, 0) is 6.54 Å². The maximum absolute atomic E-state index is 13.5. The van der Waals surface area contributed by atoms with Crippen molar-refractivity contribution in [3.63, 3.8) is 0 Å². The van der Waals surface area contributed by atoms with Crippen molar-refractivity contribution in [2.45, 2.75) is 65.5 Å². The van der Waals surface area contributed by atoms with Crippen molar-refractivity contribution < 1.29 is 4.79 Å². The Kier molecular flexibility index (Phi) is 7.43. The van der Waals surface area contributed by atoms with E-state index < -0.39 is 0 Å². The van der Waals surface area contributed by atoms with Gasteiger partial charge in [-0.1, -0.05) is 31.5 Å². The molecule has 1 saturated heterocycles. The summed E-state index contributed by atoms with van der Waals surface area (Å²) in [6.45, 7) is 10.1. The van der Waals surface area contributed by atoms with Crippen LogP contribution in [0.15, 0.2) is 36.5 Å². The van der Waals surface area contributed by atoms with Gasteiger partial charge in [-0.05, 0) is 70.8 Å². The second kappa shape index (κ2) is 10.5. The average molecular weight is 448 g/mol. The highest BCUT2D eigenvalue weighted by Crippen LogP contribution is 2.28. The molecule has 0 unspecified atom stereocenters. The molecule has 1 fully saturated rings. The van der Waals surface area contributed by atoms with Crippen molar-refractivity contribution in [2.75, 3.05) is 26.7 Å². The maximum atomic E-state index is 13.5. The number of aromatic nitrogens is 3. The fraction of sp³-hybridized carbons (Fsp3) is 0.519. The first-order valence-electron chi connectivity index (χ1n) is 12.4. The van der Waals surface area contributed by atoms with Crippen LogP contribution in [0.4, 0.5) is 0 Å². The summed E-state index contributed by atoms with van der Waals surface area (Å²) >= 11 is 0. The fourth-order valence-corrected chi connectivity index (χ4v) is 4.64. The van der Waals surface area contributed by atoms with Gasteiger partial charge >= 0.3 is 0 Å². The summed E-state index contributed by atoms with van der Waals surface area (Å²) in [5, 5.41) is 5.43. The van der Waals surface area contributed by atoms with E-state index in [4.69, 9.17) is 4.98 Å². The predicted molar refractivity (Wildman–Crippen MR) is 134 cm³/mol. The molecule has 6 heteroatoms. The van der Waals surface area contributed by atoms with Gasteiger partial charge < -0.3 is 9.80 Å². The molecule has 0 radical (unpaired) electrons. The van der Waals surface area contributed by atoms with Gasteiger partial charge in [-0.15, -0.1) is 0 Å². The number of pyridine rings is 1. The summed E-state index contributed by atoms with van der Waals surface area (Å²) in [4.78, 5) is 22.9. The zero-order valence-corrected chi connectivity index (χ0v) is 20.5. The van der Waals surface area contributed by atoms with Gasteiger partial charge in [0.15, 0.2) is 5.65 Å². The summed E-state index contributed by atoms with van der Waals surface area (Å²) in [5.74, 6) is 0.0992. The Morgan fingerprint density at radius 1 is 1.15 bits per heavy atom. The first kappa shape index (κ1) is 23.4. The van der Waals surface area contributed by atoms with Crippen molar-refractivity contribution >= 4 is 16.9 Å². The average Bonchev–Trinajstić information content (AvgIpc) is 3.27. The molecule has 176 valence electrons. The Hall–Kier alpha value is -2.73. The van der Waals surface area contributed by atoms with Crippen LogP contribution in [0.2, 0.25) is 0 Å². The van der Waals surface area contributed by atoms with E-state index in [-0.39, 0.29) is 11.9 Å². The number of rotatable bonds is 8. The molecule has 0 atom stereocenters. The van der Waals surface area contributed by atoms with Crippen molar-refractivity contribution in [1.29, 1.82) is 0 Å². The molecular weight excluding hydrogens is 410 g/mol. The summed E-state index contributed by atoms with van der Waals surface area (Å²) in [6.07, 6.45) is 7.56. The lowest BCUT2D eigenvalue weighted by Gasteiger charge is -2.27. The number of benzene rings is 1. The number of carbonyl (C=O) groups is 1. The Balaban J connectivity index is 1.74. The Morgan fingerprint density at radius 3 is 2.67 bits per heavy atom. The monoisotopic (exact) mass is 447 g/mol. The van der Waals surface area contributed by atoms with Crippen molar-refractivity contribution in [3.8, 4) is 11.3 Å². The lowest BCUT2D eigenvalue weighted by molar-refractivity contribution is 0.0726. The SMILES string of the molecule is CCCCN(C)Cc1cccc(-c2cc(C(=O)N3CCCCC3)c3cnn(C(C)C)c3n2)c1. The summed E-state index contributed by atoms with van der Waals surface area (Å²) in [5.41, 5.74) is 4.64. The topological polar surface area (TPSA) is 54.3 Å². The molecule has 1 amide bonds. The molecule has 1 aliphatic rings. The molecule has 2 aromatic heterocycles. The number of amides is 1. The molecule has 0 bridgehead atoms. The summed E-state index contributed by atoms with van der Waals surface area (Å²) < 4.78 is 1.92. The zero-order valence-electron chi connectivity index (χ0n) is 20.5. The van der Waals surface area contributed by atoms with E-state index in [1.54, 1.807) is 0 Å². The highest BCUT2D eigenvalue weighted by atomic mass is 16.2. The van der Waals surface area contributed by atoms with Crippen LogP contribution in [0.25, 0.3) is 22.3 Å². The minimum absolute atomic E-state index is 0.0992. The second-order valence-electron chi connectivity index (χ2n) is 9.62. The van der Waals surface area contributed by atoms with Crippen LogP contribution in [0, 0.1) is 0 Å². The number of hydrogen-bond acceptors (Lipinski definition) is 4. The number of piperidine rings is 1. The normalized spacial score (nSPS) is 14.5. The number of carbonyl (C=O) groups excluding carboxylic acids is 1. The van der Waals surface area contributed by atoms with E-state index in [1.165, 1.54) is 24.8 Å².